The SMILES string of the molecule is CCCNC(=O)c1sc(N2CC(C)C(C)C2)c(C#N)c1N. The van der Waals surface area contributed by atoms with Gasteiger partial charge < -0.3 is 16.0 Å². The van der Waals surface area contributed by atoms with Crippen LogP contribution in [0.2, 0.25) is 0 Å². The van der Waals surface area contributed by atoms with E-state index < -0.39 is 0 Å². The van der Waals surface area contributed by atoms with Gasteiger partial charge in [-0.2, -0.15) is 5.26 Å². The molecule has 2 rings (SSSR count). The fourth-order valence-electron chi connectivity index (χ4n) is 2.55. The second-order valence-electron chi connectivity index (χ2n) is 5.75. The van der Waals surface area contributed by atoms with E-state index in [1.54, 1.807) is 0 Å². The minimum Gasteiger partial charge on any atom is -0.396 e. The van der Waals surface area contributed by atoms with Gasteiger partial charge in [-0.05, 0) is 18.3 Å². The second kappa shape index (κ2) is 6.35. The average Bonchev–Trinajstić information content (AvgIpc) is 2.96. The molecule has 6 heteroatoms. The third-order valence-corrected chi connectivity index (χ3v) is 5.32. The highest BCUT2D eigenvalue weighted by Crippen LogP contribution is 2.40. The standard InChI is InChI=1S/C15H22N4OS/c1-4-5-18-14(20)13-12(17)11(6-16)15(21-13)19-7-9(2)10(3)8-19/h9-10H,4-5,7-8,17H2,1-3H3,(H,18,20). The summed E-state index contributed by atoms with van der Waals surface area (Å²) < 4.78 is 0. The molecule has 2 atom stereocenters. The second-order valence-corrected chi connectivity index (χ2v) is 6.75. The van der Waals surface area contributed by atoms with Gasteiger partial charge in [-0.15, -0.1) is 11.3 Å². The molecule has 0 spiro atoms. The fourth-order valence-corrected chi connectivity index (χ4v) is 3.65. The number of nitrogen functional groups attached to an aromatic ring is 1. The molecular weight excluding hydrogens is 284 g/mol. The first kappa shape index (κ1) is 15.6. The van der Waals surface area contributed by atoms with Gasteiger partial charge >= 0.3 is 0 Å². The van der Waals surface area contributed by atoms with Gasteiger partial charge in [-0.1, -0.05) is 20.8 Å². The van der Waals surface area contributed by atoms with E-state index in [0.717, 1.165) is 24.5 Å². The molecule has 1 amide bonds. The van der Waals surface area contributed by atoms with Crippen LogP contribution in [0.25, 0.3) is 0 Å². The van der Waals surface area contributed by atoms with Gasteiger partial charge in [-0.25, -0.2) is 0 Å². The van der Waals surface area contributed by atoms with Crippen LogP contribution in [0.4, 0.5) is 10.7 Å². The molecule has 21 heavy (non-hydrogen) atoms. The molecule has 114 valence electrons. The van der Waals surface area contributed by atoms with Crippen molar-refractivity contribution in [3.63, 3.8) is 0 Å². The predicted molar refractivity (Wildman–Crippen MR) is 86.6 cm³/mol. The normalized spacial score (nSPS) is 21.3. The summed E-state index contributed by atoms with van der Waals surface area (Å²) in [6.07, 6.45) is 0.871. The van der Waals surface area contributed by atoms with E-state index in [1.807, 2.05) is 6.92 Å². The van der Waals surface area contributed by atoms with E-state index in [-0.39, 0.29) is 5.91 Å². The highest BCUT2D eigenvalue weighted by molar-refractivity contribution is 7.19. The molecule has 0 radical (unpaired) electrons. The minimum atomic E-state index is -0.178. The molecule has 1 aliphatic heterocycles. The van der Waals surface area contributed by atoms with E-state index in [9.17, 15) is 10.1 Å². The molecule has 0 bridgehead atoms. The number of carbonyl (C=O) groups excluding carboxylic acids is 1. The van der Waals surface area contributed by atoms with Gasteiger partial charge in [0.1, 0.15) is 21.5 Å². The number of nitrogens with two attached hydrogens (primary N) is 1. The van der Waals surface area contributed by atoms with E-state index in [2.05, 4.69) is 30.1 Å². The highest BCUT2D eigenvalue weighted by Gasteiger charge is 2.31. The number of anilines is 2. The van der Waals surface area contributed by atoms with Crippen LogP contribution < -0.4 is 16.0 Å². The first-order valence-corrected chi connectivity index (χ1v) is 8.16. The predicted octanol–water partition coefficient (Wildman–Crippen LogP) is 2.43. The van der Waals surface area contributed by atoms with Gasteiger partial charge in [0.15, 0.2) is 0 Å². The summed E-state index contributed by atoms with van der Waals surface area (Å²) in [4.78, 5) is 14.8. The van der Waals surface area contributed by atoms with E-state index in [1.165, 1.54) is 11.3 Å². The van der Waals surface area contributed by atoms with Crippen molar-refractivity contribution in [3.8, 4) is 6.07 Å². The summed E-state index contributed by atoms with van der Waals surface area (Å²) in [5.41, 5.74) is 6.79. The van der Waals surface area contributed by atoms with Crippen LogP contribution in [-0.4, -0.2) is 25.5 Å². The van der Waals surface area contributed by atoms with Crippen molar-refractivity contribution >= 4 is 27.9 Å². The van der Waals surface area contributed by atoms with Crippen LogP contribution in [0.3, 0.4) is 0 Å². The Hall–Kier alpha value is -1.74. The lowest BCUT2D eigenvalue weighted by atomic mass is 10.0. The van der Waals surface area contributed by atoms with E-state index >= 15 is 0 Å². The zero-order valence-corrected chi connectivity index (χ0v) is 13.6. The van der Waals surface area contributed by atoms with Gasteiger partial charge in [0, 0.05) is 19.6 Å². The number of carbonyl (C=O) groups is 1. The Kier molecular flexibility index (Phi) is 4.73. The molecule has 2 unspecified atom stereocenters. The summed E-state index contributed by atoms with van der Waals surface area (Å²) in [7, 11) is 0. The van der Waals surface area contributed by atoms with E-state index in [4.69, 9.17) is 5.73 Å². The molecule has 3 N–H and O–H groups in total. The number of thiophene rings is 1. The number of hydrogen-bond acceptors (Lipinski definition) is 5. The monoisotopic (exact) mass is 306 g/mol. The number of rotatable bonds is 4. The number of amides is 1. The lowest BCUT2D eigenvalue weighted by Gasteiger charge is -2.16. The van der Waals surface area contributed by atoms with Crippen LogP contribution >= 0.6 is 11.3 Å². The quantitative estimate of drug-likeness (QED) is 0.895. The van der Waals surface area contributed by atoms with Crippen LogP contribution in [0.1, 0.15) is 42.4 Å². The minimum absolute atomic E-state index is 0.178. The van der Waals surface area contributed by atoms with Crippen LogP contribution in [0.5, 0.6) is 0 Å². The zero-order chi connectivity index (χ0) is 15.6. The maximum Gasteiger partial charge on any atom is 0.263 e. The Bertz CT molecular complexity index is 565. The maximum absolute atomic E-state index is 12.1. The van der Waals surface area contributed by atoms with Crippen molar-refractivity contribution in [1.82, 2.24) is 5.32 Å². The summed E-state index contributed by atoms with van der Waals surface area (Å²) in [5, 5.41) is 13.0. The maximum atomic E-state index is 12.1. The van der Waals surface area contributed by atoms with Gasteiger partial charge in [0.2, 0.25) is 0 Å². The molecule has 1 fully saturated rings. The van der Waals surface area contributed by atoms with Crippen LogP contribution in [0, 0.1) is 23.2 Å². The Morgan fingerprint density at radius 3 is 2.62 bits per heavy atom. The van der Waals surface area contributed by atoms with Gasteiger partial charge in [0.25, 0.3) is 5.91 Å². The van der Waals surface area contributed by atoms with Crippen molar-refractivity contribution < 1.29 is 4.79 Å². The van der Waals surface area contributed by atoms with E-state index in [0.29, 0.717) is 34.5 Å². The smallest absolute Gasteiger partial charge is 0.263 e. The van der Waals surface area contributed by atoms with Crippen molar-refractivity contribution in [2.24, 2.45) is 11.8 Å². The molecule has 0 saturated carbocycles. The topological polar surface area (TPSA) is 82.2 Å². The number of nitriles is 1. The molecule has 5 nitrogen and oxygen atoms in total. The lowest BCUT2D eigenvalue weighted by Crippen LogP contribution is -2.23. The highest BCUT2D eigenvalue weighted by atomic mass is 32.1. The summed E-state index contributed by atoms with van der Waals surface area (Å²) >= 11 is 1.34. The molecule has 1 aromatic heterocycles. The Labute approximate surface area is 129 Å². The summed E-state index contributed by atoms with van der Waals surface area (Å²) in [6.45, 7) is 8.85. The lowest BCUT2D eigenvalue weighted by molar-refractivity contribution is 0.0958. The third kappa shape index (κ3) is 2.98. The first-order chi connectivity index (χ1) is 9.99. The number of nitrogens with one attached hydrogen (secondary N) is 1. The van der Waals surface area contributed by atoms with Gasteiger partial charge in [0.05, 0.1) is 5.69 Å². The Morgan fingerprint density at radius 2 is 2.10 bits per heavy atom. The molecular formula is C15H22N4OS. The molecule has 0 aromatic carbocycles. The number of nitrogens with zero attached hydrogens (tertiary/aromatic N) is 2. The average molecular weight is 306 g/mol. The zero-order valence-electron chi connectivity index (χ0n) is 12.8. The summed E-state index contributed by atoms with van der Waals surface area (Å²) in [5.74, 6) is 0.983. The van der Waals surface area contributed by atoms with Gasteiger partial charge in [-0.3, -0.25) is 4.79 Å². The largest absolute Gasteiger partial charge is 0.396 e. The molecule has 1 saturated heterocycles. The molecule has 0 aliphatic carbocycles. The van der Waals surface area contributed by atoms with Crippen LogP contribution in [-0.2, 0) is 0 Å². The first-order valence-electron chi connectivity index (χ1n) is 7.35. The fraction of sp³-hybridized carbons (Fsp3) is 0.600. The summed E-state index contributed by atoms with van der Waals surface area (Å²) in [6, 6.07) is 2.17. The molecule has 1 aliphatic rings. The van der Waals surface area contributed by atoms with Crippen molar-refractivity contribution in [2.75, 3.05) is 30.3 Å². The molecule has 1 aromatic rings. The van der Waals surface area contributed by atoms with Crippen molar-refractivity contribution in [2.45, 2.75) is 27.2 Å². The van der Waals surface area contributed by atoms with Crippen molar-refractivity contribution in [1.29, 1.82) is 5.26 Å². The number of hydrogen-bond donors (Lipinski definition) is 2. The molecule has 2 heterocycles. The Balaban J connectivity index is 2.31. The van der Waals surface area contributed by atoms with Crippen molar-refractivity contribution in [3.05, 3.63) is 10.4 Å². The van der Waals surface area contributed by atoms with Crippen LogP contribution in [0.15, 0.2) is 0 Å². The third-order valence-electron chi connectivity index (χ3n) is 4.06. The Morgan fingerprint density at radius 1 is 1.48 bits per heavy atom.